The van der Waals surface area contributed by atoms with E-state index in [9.17, 15) is 4.79 Å². The highest BCUT2D eigenvalue weighted by Gasteiger charge is 2.08. The van der Waals surface area contributed by atoms with Gasteiger partial charge in [-0.3, -0.25) is 4.79 Å². The maximum Gasteiger partial charge on any atom is 0.305 e. The number of nitrogen functional groups attached to an aromatic ring is 1. The van der Waals surface area contributed by atoms with Gasteiger partial charge in [-0.1, -0.05) is 0 Å². The molecule has 1 aromatic heterocycles. The van der Waals surface area contributed by atoms with Gasteiger partial charge in [-0.05, 0) is 22.0 Å². The zero-order valence-corrected chi connectivity index (χ0v) is 9.86. The molecule has 0 unspecified atom stereocenters. The van der Waals surface area contributed by atoms with Crippen molar-refractivity contribution in [1.82, 2.24) is 4.98 Å². The number of halogens is 1. The fraction of sp³-hybridized carbons (Fsp3) is 0.333. The molecule has 1 heterocycles. The highest BCUT2D eigenvalue weighted by Crippen LogP contribution is 2.22. The third-order valence-corrected chi connectivity index (χ3v) is 2.32. The van der Waals surface area contributed by atoms with Crippen LogP contribution in [0.2, 0.25) is 0 Å². The smallest absolute Gasteiger partial charge is 0.305 e. The van der Waals surface area contributed by atoms with Crippen molar-refractivity contribution in [3.63, 3.8) is 0 Å². The molecule has 0 amide bonds. The van der Waals surface area contributed by atoms with Gasteiger partial charge < -0.3 is 15.7 Å². The van der Waals surface area contributed by atoms with Crippen molar-refractivity contribution in [2.75, 3.05) is 24.2 Å². The number of anilines is 2. The number of carboxylic acid groups (broad SMARTS) is 1. The van der Waals surface area contributed by atoms with E-state index in [0.29, 0.717) is 18.1 Å². The lowest BCUT2D eigenvalue weighted by Gasteiger charge is -2.18. The quantitative estimate of drug-likeness (QED) is 0.866. The van der Waals surface area contributed by atoms with Crippen molar-refractivity contribution in [3.8, 4) is 0 Å². The van der Waals surface area contributed by atoms with E-state index in [1.54, 1.807) is 24.2 Å². The first-order chi connectivity index (χ1) is 7.00. The van der Waals surface area contributed by atoms with Crippen LogP contribution in [0.1, 0.15) is 6.42 Å². The van der Waals surface area contributed by atoms with Crippen LogP contribution in [-0.2, 0) is 4.79 Å². The molecule has 6 heteroatoms. The molecule has 0 radical (unpaired) electrons. The van der Waals surface area contributed by atoms with Crippen LogP contribution >= 0.6 is 15.9 Å². The molecular formula is C9H12BrN3O2. The number of pyridine rings is 1. The molecule has 0 saturated heterocycles. The lowest BCUT2D eigenvalue weighted by molar-refractivity contribution is -0.136. The van der Waals surface area contributed by atoms with Crippen molar-refractivity contribution in [3.05, 3.63) is 16.7 Å². The highest BCUT2D eigenvalue weighted by atomic mass is 79.9. The summed E-state index contributed by atoms with van der Waals surface area (Å²) in [5.74, 6) is -0.239. The van der Waals surface area contributed by atoms with Gasteiger partial charge >= 0.3 is 5.97 Å². The van der Waals surface area contributed by atoms with E-state index in [4.69, 9.17) is 10.8 Å². The van der Waals surface area contributed by atoms with Crippen LogP contribution in [0.15, 0.2) is 16.7 Å². The number of rotatable bonds is 4. The van der Waals surface area contributed by atoms with Crippen LogP contribution in [0.25, 0.3) is 0 Å². The first-order valence-electron chi connectivity index (χ1n) is 4.34. The molecule has 0 aliphatic rings. The Morgan fingerprint density at radius 1 is 1.73 bits per heavy atom. The minimum atomic E-state index is -0.836. The highest BCUT2D eigenvalue weighted by molar-refractivity contribution is 9.10. The number of nitrogens with zero attached hydrogens (tertiary/aromatic N) is 2. The van der Waals surface area contributed by atoms with Crippen LogP contribution in [0, 0.1) is 0 Å². The SMILES string of the molecule is CN(CCC(=O)O)c1ncc(Br)cc1N. The number of carbonyl (C=O) groups is 1. The largest absolute Gasteiger partial charge is 0.481 e. The van der Waals surface area contributed by atoms with Crippen LogP contribution in [0.3, 0.4) is 0 Å². The van der Waals surface area contributed by atoms with Gasteiger partial charge in [0.2, 0.25) is 0 Å². The summed E-state index contributed by atoms with van der Waals surface area (Å²) < 4.78 is 0.801. The Morgan fingerprint density at radius 3 is 2.93 bits per heavy atom. The Hall–Kier alpha value is -1.30. The molecule has 0 bridgehead atoms. The van der Waals surface area contributed by atoms with Crippen LogP contribution < -0.4 is 10.6 Å². The molecule has 5 nitrogen and oxygen atoms in total. The van der Waals surface area contributed by atoms with Crippen LogP contribution in [0.5, 0.6) is 0 Å². The molecule has 3 N–H and O–H groups in total. The Morgan fingerprint density at radius 2 is 2.40 bits per heavy atom. The molecule has 15 heavy (non-hydrogen) atoms. The monoisotopic (exact) mass is 273 g/mol. The van der Waals surface area contributed by atoms with Crippen LogP contribution in [-0.4, -0.2) is 29.7 Å². The lowest BCUT2D eigenvalue weighted by atomic mass is 10.3. The summed E-state index contributed by atoms with van der Waals surface area (Å²) in [7, 11) is 1.76. The van der Waals surface area contributed by atoms with E-state index in [1.807, 2.05) is 0 Å². The van der Waals surface area contributed by atoms with Crippen molar-refractivity contribution < 1.29 is 9.90 Å². The zero-order chi connectivity index (χ0) is 11.4. The first kappa shape index (κ1) is 11.8. The predicted octanol–water partition coefficient (Wildman–Crippen LogP) is 1.34. The molecule has 1 aromatic rings. The molecule has 0 aliphatic heterocycles. The van der Waals surface area contributed by atoms with Crippen molar-refractivity contribution in [2.45, 2.75) is 6.42 Å². The van der Waals surface area contributed by atoms with Gasteiger partial charge in [0.15, 0.2) is 5.82 Å². The average Bonchev–Trinajstić information content (AvgIpc) is 2.14. The molecule has 82 valence electrons. The topological polar surface area (TPSA) is 79.5 Å². The molecule has 0 saturated carbocycles. The van der Waals surface area contributed by atoms with Crippen molar-refractivity contribution in [2.24, 2.45) is 0 Å². The Balaban J connectivity index is 2.73. The molecule has 0 aromatic carbocycles. The molecule has 1 rings (SSSR count). The van der Waals surface area contributed by atoms with E-state index in [1.165, 1.54) is 0 Å². The maximum absolute atomic E-state index is 10.4. The molecule has 0 atom stereocenters. The molecule has 0 spiro atoms. The zero-order valence-electron chi connectivity index (χ0n) is 8.27. The summed E-state index contributed by atoms with van der Waals surface area (Å²) in [5.41, 5.74) is 6.27. The lowest BCUT2D eigenvalue weighted by Crippen LogP contribution is -2.23. The Kier molecular flexibility index (Phi) is 3.90. The number of carboxylic acids is 1. The second-order valence-electron chi connectivity index (χ2n) is 3.13. The summed E-state index contributed by atoms with van der Waals surface area (Å²) in [6, 6.07) is 1.74. The first-order valence-corrected chi connectivity index (χ1v) is 5.14. The number of aliphatic carboxylic acids is 1. The Bertz CT molecular complexity index is 370. The Labute approximate surface area is 96.0 Å². The minimum Gasteiger partial charge on any atom is -0.481 e. The van der Waals surface area contributed by atoms with Gasteiger partial charge in [-0.25, -0.2) is 4.98 Å². The fourth-order valence-corrected chi connectivity index (χ4v) is 1.48. The summed E-state index contributed by atoms with van der Waals surface area (Å²) >= 11 is 3.25. The number of nitrogens with two attached hydrogens (primary N) is 1. The van der Waals surface area contributed by atoms with Crippen molar-refractivity contribution in [1.29, 1.82) is 0 Å². The van der Waals surface area contributed by atoms with Gasteiger partial charge in [0, 0.05) is 24.3 Å². The predicted molar refractivity (Wildman–Crippen MR) is 61.9 cm³/mol. The van der Waals surface area contributed by atoms with Gasteiger partial charge in [0.05, 0.1) is 12.1 Å². The minimum absolute atomic E-state index is 0.0632. The van der Waals surface area contributed by atoms with E-state index in [0.717, 1.165) is 4.47 Å². The number of hydrogen-bond acceptors (Lipinski definition) is 4. The van der Waals surface area contributed by atoms with E-state index in [2.05, 4.69) is 20.9 Å². The van der Waals surface area contributed by atoms with E-state index >= 15 is 0 Å². The fourth-order valence-electron chi connectivity index (χ4n) is 1.14. The second kappa shape index (κ2) is 4.97. The number of aromatic nitrogens is 1. The third-order valence-electron chi connectivity index (χ3n) is 1.88. The molecule has 0 fully saturated rings. The van der Waals surface area contributed by atoms with Gasteiger partial charge in [-0.2, -0.15) is 0 Å². The summed E-state index contributed by atoms with van der Waals surface area (Å²) in [6.07, 6.45) is 1.69. The average molecular weight is 274 g/mol. The van der Waals surface area contributed by atoms with Crippen molar-refractivity contribution >= 4 is 33.4 Å². The summed E-state index contributed by atoms with van der Waals surface area (Å²) in [5, 5.41) is 8.54. The third kappa shape index (κ3) is 3.39. The van der Waals surface area contributed by atoms with Crippen LogP contribution in [0.4, 0.5) is 11.5 Å². The maximum atomic E-state index is 10.4. The van der Waals surface area contributed by atoms with Gasteiger partial charge in [0.1, 0.15) is 0 Å². The molecule has 0 aliphatic carbocycles. The van der Waals surface area contributed by atoms with Gasteiger partial charge in [0.25, 0.3) is 0 Å². The second-order valence-corrected chi connectivity index (χ2v) is 4.05. The standard InChI is InChI=1S/C9H12BrN3O2/c1-13(3-2-8(14)15)9-7(11)4-6(10)5-12-9/h4-5H,2-3,11H2,1H3,(H,14,15). The molecular weight excluding hydrogens is 262 g/mol. The summed E-state index contributed by atoms with van der Waals surface area (Å²) in [6.45, 7) is 0.383. The summed E-state index contributed by atoms with van der Waals surface area (Å²) in [4.78, 5) is 16.2. The van der Waals surface area contributed by atoms with Gasteiger partial charge in [-0.15, -0.1) is 0 Å². The number of hydrogen-bond donors (Lipinski definition) is 2. The normalized spacial score (nSPS) is 10.0. The van der Waals surface area contributed by atoms with E-state index in [-0.39, 0.29) is 6.42 Å². The van der Waals surface area contributed by atoms with E-state index < -0.39 is 5.97 Å².